The van der Waals surface area contributed by atoms with Crippen molar-refractivity contribution in [1.29, 1.82) is 0 Å². The van der Waals surface area contributed by atoms with Crippen LogP contribution in [0.1, 0.15) is 20.3 Å². The van der Waals surface area contributed by atoms with Gasteiger partial charge in [0.1, 0.15) is 6.11 Å². The summed E-state index contributed by atoms with van der Waals surface area (Å²) in [6, 6.07) is 0. The molecule has 1 saturated heterocycles. The Morgan fingerprint density at radius 3 is 2.00 bits per heavy atom. The minimum atomic E-state index is 0.657. The van der Waals surface area contributed by atoms with Crippen LogP contribution in [0.25, 0.3) is 0 Å². The zero-order chi connectivity index (χ0) is 15.2. The molecule has 5 nitrogen and oxygen atoms in total. The Kier molecular flexibility index (Phi) is 11.2. The molecule has 21 heavy (non-hydrogen) atoms. The van der Waals surface area contributed by atoms with Gasteiger partial charge in [-0.1, -0.05) is 6.92 Å². The second-order valence-electron chi connectivity index (χ2n) is 5.33. The molecule has 2 N–H and O–H groups in total. The Balaban J connectivity index is 2.31. The molecule has 0 aromatic heterocycles. The molecule has 1 fully saturated rings. The lowest BCUT2D eigenvalue weighted by Crippen LogP contribution is -2.43. The van der Waals surface area contributed by atoms with Crippen LogP contribution in [0.2, 0.25) is 0 Å². The number of hydrogen-bond donors (Lipinski definition) is 2. The molecule has 0 aromatic rings. The van der Waals surface area contributed by atoms with E-state index in [0.29, 0.717) is 6.61 Å². The van der Waals surface area contributed by atoms with E-state index in [1.807, 2.05) is 6.92 Å². The lowest BCUT2D eigenvalue weighted by atomic mass is 10.3. The maximum absolute atomic E-state index is 5.07. The van der Waals surface area contributed by atoms with Gasteiger partial charge >= 0.3 is 0 Å². The van der Waals surface area contributed by atoms with E-state index in [0.717, 1.165) is 58.9 Å². The molecule has 1 aliphatic rings. The van der Waals surface area contributed by atoms with Crippen molar-refractivity contribution < 1.29 is 4.74 Å². The first-order chi connectivity index (χ1) is 10.4. The number of hydrogen-bond acceptors (Lipinski definition) is 5. The summed E-state index contributed by atoms with van der Waals surface area (Å²) in [6.45, 7) is 15.4. The van der Waals surface area contributed by atoms with Gasteiger partial charge < -0.3 is 20.3 Å². The highest BCUT2D eigenvalue weighted by atomic mass is 16.5. The number of rotatable bonds is 4. The van der Waals surface area contributed by atoms with E-state index in [1.165, 1.54) is 13.0 Å². The standard InChI is InChI=1S/C16H32N4O/c1-3-10-19-12-6-17-8-14-20(11-5-16-21-4-2)15-9-18-7-13-19/h17-18H,3-4,6-15H2,1-2H3. The summed E-state index contributed by atoms with van der Waals surface area (Å²) in [5.41, 5.74) is 0. The van der Waals surface area contributed by atoms with E-state index in [2.05, 4.69) is 39.4 Å². The normalized spacial score (nSPS) is 19.9. The molecular formula is C16H32N4O. The van der Waals surface area contributed by atoms with Gasteiger partial charge in [-0.2, -0.15) is 0 Å². The Morgan fingerprint density at radius 1 is 0.905 bits per heavy atom. The predicted molar refractivity (Wildman–Crippen MR) is 88.3 cm³/mol. The Morgan fingerprint density at radius 2 is 1.48 bits per heavy atom. The lowest BCUT2D eigenvalue weighted by molar-refractivity contribution is 0.251. The molecule has 0 radical (unpaired) electrons. The molecule has 0 aromatic carbocycles. The van der Waals surface area contributed by atoms with Crippen LogP contribution in [-0.2, 0) is 4.74 Å². The van der Waals surface area contributed by atoms with E-state index in [9.17, 15) is 0 Å². The average Bonchev–Trinajstić information content (AvgIpc) is 2.48. The van der Waals surface area contributed by atoms with Crippen molar-refractivity contribution in [3.63, 3.8) is 0 Å². The van der Waals surface area contributed by atoms with E-state index < -0.39 is 0 Å². The molecule has 0 amide bonds. The number of ether oxygens (including phenoxy) is 1. The maximum atomic E-state index is 5.07. The highest BCUT2D eigenvalue weighted by molar-refractivity contribution is 4.95. The first kappa shape index (κ1) is 18.2. The van der Waals surface area contributed by atoms with Crippen molar-refractivity contribution >= 4 is 0 Å². The van der Waals surface area contributed by atoms with E-state index in [1.54, 1.807) is 0 Å². The number of nitrogens with one attached hydrogen (secondary N) is 2. The highest BCUT2D eigenvalue weighted by Crippen LogP contribution is 1.91. The van der Waals surface area contributed by atoms with Gasteiger partial charge in [-0.05, 0) is 25.8 Å². The largest absolute Gasteiger partial charge is 0.447 e. The summed E-state index contributed by atoms with van der Waals surface area (Å²) >= 11 is 0. The SMILES string of the molecule is CCCN1CCNCCN(CC#COCC)CCNCC1. The molecule has 0 aliphatic carbocycles. The van der Waals surface area contributed by atoms with Crippen molar-refractivity contribution in [2.45, 2.75) is 20.3 Å². The van der Waals surface area contributed by atoms with Crippen LogP contribution in [-0.4, -0.2) is 81.9 Å². The van der Waals surface area contributed by atoms with Crippen molar-refractivity contribution in [3.8, 4) is 12.0 Å². The summed E-state index contributed by atoms with van der Waals surface area (Å²) < 4.78 is 5.07. The highest BCUT2D eigenvalue weighted by Gasteiger charge is 2.07. The van der Waals surface area contributed by atoms with Crippen molar-refractivity contribution in [1.82, 2.24) is 20.4 Å². The minimum Gasteiger partial charge on any atom is -0.447 e. The molecule has 0 spiro atoms. The molecule has 5 heteroatoms. The molecule has 0 bridgehead atoms. The van der Waals surface area contributed by atoms with Crippen LogP contribution >= 0.6 is 0 Å². The van der Waals surface area contributed by atoms with Crippen LogP contribution in [0, 0.1) is 12.0 Å². The smallest absolute Gasteiger partial charge is 0.111 e. The minimum absolute atomic E-state index is 0.657. The third-order valence-corrected chi connectivity index (χ3v) is 3.55. The summed E-state index contributed by atoms with van der Waals surface area (Å²) in [5, 5.41) is 7.08. The summed E-state index contributed by atoms with van der Waals surface area (Å²) in [5.74, 6) is 3.08. The molecule has 122 valence electrons. The fraction of sp³-hybridized carbons (Fsp3) is 0.875. The van der Waals surface area contributed by atoms with Crippen LogP contribution in [0.15, 0.2) is 0 Å². The second-order valence-corrected chi connectivity index (χ2v) is 5.33. The van der Waals surface area contributed by atoms with Crippen LogP contribution in [0.5, 0.6) is 0 Å². The van der Waals surface area contributed by atoms with Crippen LogP contribution in [0.4, 0.5) is 0 Å². The first-order valence-electron chi connectivity index (χ1n) is 8.32. The molecule has 1 aliphatic heterocycles. The summed E-state index contributed by atoms with van der Waals surface area (Å²) in [6.07, 6.45) is 3.98. The summed E-state index contributed by atoms with van der Waals surface area (Å²) in [7, 11) is 0. The van der Waals surface area contributed by atoms with Crippen molar-refractivity contribution in [3.05, 3.63) is 0 Å². The molecule has 0 saturated carbocycles. The van der Waals surface area contributed by atoms with Gasteiger partial charge in [0.2, 0.25) is 0 Å². The van der Waals surface area contributed by atoms with Gasteiger partial charge in [-0.25, -0.2) is 0 Å². The third kappa shape index (κ3) is 9.70. The lowest BCUT2D eigenvalue weighted by Gasteiger charge is -2.25. The first-order valence-corrected chi connectivity index (χ1v) is 8.32. The van der Waals surface area contributed by atoms with Crippen LogP contribution < -0.4 is 10.6 Å². The Bertz CT molecular complexity index is 286. The van der Waals surface area contributed by atoms with Crippen LogP contribution in [0.3, 0.4) is 0 Å². The van der Waals surface area contributed by atoms with Crippen molar-refractivity contribution in [2.24, 2.45) is 0 Å². The van der Waals surface area contributed by atoms with Gasteiger partial charge in [-0.3, -0.25) is 4.90 Å². The van der Waals surface area contributed by atoms with Gasteiger partial charge in [0.25, 0.3) is 0 Å². The Hall–Kier alpha value is -0.800. The monoisotopic (exact) mass is 296 g/mol. The number of nitrogens with zero attached hydrogens (tertiary/aromatic N) is 2. The zero-order valence-corrected chi connectivity index (χ0v) is 13.8. The predicted octanol–water partition coefficient (Wildman–Crippen LogP) is 0.191. The third-order valence-electron chi connectivity index (χ3n) is 3.55. The van der Waals surface area contributed by atoms with Gasteiger partial charge in [0.15, 0.2) is 0 Å². The molecule has 0 atom stereocenters. The molecule has 1 rings (SSSR count). The second kappa shape index (κ2) is 12.9. The van der Waals surface area contributed by atoms with Gasteiger partial charge in [0, 0.05) is 52.4 Å². The zero-order valence-electron chi connectivity index (χ0n) is 13.8. The van der Waals surface area contributed by atoms with Gasteiger partial charge in [0.05, 0.1) is 13.2 Å². The fourth-order valence-electron chi connectivity index (χ4n) is 2.39. The quantitative estimate of drug-likeness (QED) is 0.725. The van der Waals surface area contributed by atoms with E-state index in [-0.39, 0.29) is 0 Å². The van der Waals surface area contributed by atoms with Gasteiger partial charge in [-0.15, -0.1) is 0 Å². The Labute approximate surface area is 130 Å². The van der Waals surface area contributed by atoms with E-state index in [4.69, 9.17) is 4.74 Å². The fourth-order valence-corrected chi connectivity index (χ4v) is 2.39. The maximum Gasteiger partial charge on any atom is 0.111 e. The van der Waals surface area contributed by atoms with E-state index >= 15 is 0 Å². The molecule has 0 unspecified atom stereocenters. The molecule has 1 heterocycles. The summed E-state index contributed by atoms with van der Waals surface area (Å²) in [4.78, 5) is 4.91. The average molecular weight is 296 g/mol. The topological polar surface area (TPSA) is 39.8 Å². The van der Waals surface area contributed by atoms with Crippen molar-refractivity contribution in [2.75, 3.05) is 72.1 Å². The molecular weight excluding hydrogens is 264 g/mol.